The molecule has 19 heavy (non-hydrogen) atoms. The largest absolute Gasteiger partial charge is 0.481 e. The molecule has 4 nitrogen and oxygen atoms in total. The van der Waals surface area contributed by atoms with Crippen LogP contribution in [-0.4, -0.2) is 22.2 Å². The van der Waals surface area contributed by atoms with Crippen molar-refractivity contribution in [2.24, 2.45) is 28.1 Å². The molecule has 4 heteroatoms. The molecule has 2 unspecified atom stereocenters. The van der Waals surface area contributed by atoms with Crippen LogP contribution in [0.15, 0.2) is 0 Å². The first kappa shape index (κ1) is 17.9. The maximum Gasteiger partial charge on any atom is 0.307 e. The highest BCUT2D eigenvalue weighted by Gasteiger charge is 2.53. The summed E-state index contributed by atoms with van der Waals surface area (Å²) in [6, 6.07) is 0. The lowest BCUT2D eigenvalue weighted by Gasteiger charge is -2.47. The molecule has 0 saturated heterocycles. The van der Waals surface area contributed by atoms with E-state index in [0.29, 0.717) is 0 Å². The minimum absolute atomic E-state index is 0.311. The molecule has 0 bridgehead atoms. The molecule has 0 aromatic rings. The molecule has 0 aromatic carbocycles. The van der Waals surface area contributed by atoms with E-state index in [2.05, 4.69) is 0 Å². The van der Waals surface area contributed by atoms with Gasteiger partial charge in [-0.1, -0.05) is 55.4 Å². The summed E-state index contributed by atoms with van der Waals surface area (Å²) in [5, 5.41) is 19.1. The summed E-state index contributed by atoms with van der Waals surface area (Å²) < 4.78 is 0. The van der Waals surface area contributed by atoms with Crippen molar-refractivity contribution in [1.82, 2.24) is 0 Å². The molecule has 0 aromatic heterocycles. The number of hydrogen-bond acceptors (Lipinski definition) is 2. The second-order valence-electron chi connectivity index (χ2n) is 7.97. The number of aliphatic carboxylic acids is 2. The average Bonchev–Trinajstić information content (AvgIpc) is 2.07. The van der Waals surface area contributed by atoms with Gasteiger partial charge >= 0.3 is 11.9 Å². The fraction of sp³-hybridized carbons (Fsp3) is 0.867. The molecule has 0 fully saturated rings. The minimum atomic E-state index is -1.04. The molecule has 0 heterocycles. The molecule has 0 aliphatic heterocycles. The van der Waals surface area contributed by atoms with Crippen LogP contribution in [0, 0.1) is 28.1 Å². The van der Waals surface area contributed by atoms with E-state index in [1.807, 2.05) is 34.6 Å². The van der Waals surface area contributed by atoms with Crippen LogP contribution in [0.3, 0.4) is 0 Å². The fourth-order valence-electron chi connectivity index (χ4n) is 2.35. The van der Waals surface area contributed by atoms with Crippen LogP contribution in [0.4, 0.5) is 0 Å². The summed E-state index contributed by atoms with van der Waals surface area (Å²) in [6.07, 6.45) is 0. The van der Waals surface area contributed by atoms with Gasteiger partial charge in [0, 0.05) is 0 Å². The van der Waals surface area contributed by atoms with E-state index in [1.54, 1.807) is 20.8 Å². The molecule has 0 aliphatic rings. The lowest BCUT2D eigenvalue weighted by atomic mass is 9.55. The number of carboxylic acids is 2. The van der Waals surface area contributed by atoms with Crippen LogP contribution in [0.2, 0.25) is 0 Å². The van der Waals surface area contributed by atoms with Gasteiger partial charge in [-0.3, -0.25) is 9.59 Å². The van der Waals surface area contributed by atoms with Gasteiger partial charge in [-0.15, -0.1) is 0 Å². The van der Waals surface area contributed by atoms with Crippen molar-refractivity contribution < 1.29 is 19.8 Å². The van der Waals surface area contributed by atoms with Crippen molar-refractivity contribution in [3.8, 4) is 0 Å². The zero-order valence-electron chi connectivity index (χ0n) is 13.4. The molecule has 0 aliphatic carbocycles. The van der Waals surface area contributed by atoms with Gasteiger partial charge in [-0.05, 0) is 16.2 Å². The van der Waals surface area contributed by atoms with Crippen molar-refractivity contribution in [3.05, 3.63) is 0 Å². The van der Waals surface area contributed by atoms with E-state index in [9.17, 15) is 19.8 Å². The van der Waals surface area contributed by atoms with Crippen LogP contribution in [0.25, 0.3) is 0 Å². The SMILES string of the molecule is CC(C)(C)C(C(=O)O)C(C(=O)O)C(C)(C)C(C)(C)C. The van der Waals surface area contributed by atoms with E-state index in [-0.39, 0.29) is 5.41 Å². The van der Waals surface area contributed by atoms with Crippen LogP contribution in [0.5, 0.6) is 0 Å². The Labute approximate surface area is 116 Å². The number of hydrogen-bond donors (Lipinski definition) is 2. The Balaban J connectivity index is 5.94. The third-order valence-corrected chi connectivity index (χ3v) is 4.51. The number of rotatable bonds is 4. The van der Waals surface area contributed by atoms with Gasteiger partial charge in [0.25, 0.3) is 0 Å². The van der Waals surface area contributed by atoms with Crippen molar-refractivity contribution in [3.63, 3.8) is 0 Å². The first-order valence-electron chi connectivity index (χ1n) is 6.59. The molecule has 0 amide bonds. The summed E-state index contributed by atoms with van der Waals surface area (Å²) in [5.41, 5.74) is -1.57. The first-order chi connectivity index (χ1) is 8.14. The fourth-order valence-corrected chi connectivity index (χ4v) is 2.35. The Morgan fingerprint density at radius 2 is 1.05 bits per heavy atom. The van der Waals surface area contributed by atoms with Crippen molar-refractivity contribution in [1.29, 1.82) is 0 Å². The quantitative estimate of drug-likeness (QED) is 0.821. The Hall–Kier alpha value is -1.06. The highest BCUT2D eigenvalue weighted by atomic mass is 16.4. The van der Waals surface area contributed by atoms with Gasteiger partial charge in [0.1, 0.15) is 0 Å². The molecule has 0 spiro atoms. The van der Waals surface area contributed by atoms with Crippen molar-refractivity contribution in [2.75, 3.05) is 0 Å². The summed E-state index contributed by atoms with van der Waals surface area (Å²) in [4.78, 5) is 23.3. The zero-order chi connectivity index (χ0) is 15.8. The maximum atomic E-state index is 11.7. The van der Waals surface area contributed by atoms with Gasteiger partial charge in [-0.2, -0.15) is 0 Å². The van der Waals surface area contributed by atoms with Crippen molar-refractivity contribution in [2.45, 2.75) is 55.4 Å². The molecular formula is C15H28O4. The Bertz CT molecular complexity index is 355. The Morgan fingerprint density at radius 1 is 0.737 bits per heavy atom. The molecule has 0 rings (SSSR count). The molecule has 0 radical (unpaired) electrons. The predicted molar refractivity (Wildman–Crippen MR) is 74.9 cm³/mol. The predicted octanol–water partition coefficient (Wildman–Crippen LogP) is 3.51. The Morgan fingerprint density at radius 3 is 1.21 bits per heavy atom. The van der Waals surface area contributed by atoms with Gasteiger partial charge in [0.15, 0.2) is 0 Å². The average molecular weight is 272 g/mol. The summed E-state index contributed by atoms with van der Waals surface area (Å²) in [6.45, 7) is 14.9. The maximum absolute atomic E-state index is 11.7. The van der Waals surface area contributed by atoms with Gasteiger partial charge in [0.2, 0.25) is 0 Å². The van der Waals surface area contributed by atoms with Crippen LogP contribution >= 0.6 is 0 Å². The van der Waals surface area contributed by atoms with E-state index in [1.165, 1.54) is 0 Å². The molecular weight excluding hydrogens is 244 g/mol. The molecule has 2 atom stereocenters. The smallest absolute Gasteiger partial charge is 0.307 e. The normalized spacial score (nSPS) is 16.8. The number of carbonyl (C=O) groups is 2. The second-order valence-corrected chi connectivity index (χ2v) is 7.97. The Kier molecular flexibility index (Phi) is 4.85. The minimum Gasteiger partial charge on any atom is -0.481 e. The molecule has 2 N–H and O–H groups in total. The van der Waals surface area contributed by atoms with Gasteiger partial charge in [0.05, 0.1) is 11.8 Å². The highest BCUT2D eigenvalue weighted by Crippen LogP contribution is 2.50. The molecule has 112 valence electrons. The summed E-state index contributed by atoms with van der Waals surface area (Å²) in [7, 11) is 0. The van der Waals surface area contributed by atoms with E-state index in [4.69, 9.17) is 0 Å². The lowest BCUT2D eigenvalue weighted by molar-refractivity contribution is -0.169. The zero-order valence-corrected chi connectivity index (χ0v) is 13.4. The van der Waals surface area contributed by atoms with Crippen LogP contribution in [-0.2, 0) is 9.59 Å². The lowest BCUT2D eigenvalue weighted by Crippen LogP contribution is -2.50. The van der Waals surface area contributed by atoms with E-state index in [0.717, 1.165) is 0 Å². The standard InChI is InChI=1S/C15H28O4/c1-13(2,3)9(11(16)17)10(12(18)19)15(7,8)14(4,5)6/h9-10H,1-8H3,(H,16,17)(H,18,19). The number of carboxylic acid groups (broad SMARTS) is 2. The first-order valence-corrected chi connectivity index (χ1v) is 6.59. The monoisotopic (exact) mass is 272 g/mol. The highest BCUT2D eigenvalue weighted by molar-refractivity contribution is 5.81. The van der Waals surface area contributed by atoms with E-state index >= 15 is 0 Å². The second kappa shape index (κ2) is 5.14. The van der Waals surface area contributed by atoms with Gasteiger partial charge in [-0.25, -0.2) is 0 Å². The van der Waals surface area contributed by atoms with Gasteiger partial charge < -0.3 is 10.2 Å². The van der Waals surface area contributed by atoms with Crippen LogP contribution in [0.1, 0.15) is 55.4 Å². The third-order valence-electron chi connectivity index (χ3n) is 4.51. The van der Waals surface area contributed by atoms with Crippen LogP contribution < -0.4 is 0 Å². The van der Waals surface area contributed by atoms with E-state index < -0.39 is 34.6 Å². The topological polar surface area (TPSA) is 74.6 Å². The summed E-state index contributed by atoms with van der Waals surface area (Å²) in [5.74, 6) is -3.95. The van der Waals surface area contributed by atoms with Crippen molar-refractivity contribution >= 4 is 11.9 Å². The molecule has 0 saturated carbocycles. The summed E-state index contributed by atoms with van der Waals surface area (Å²) >= 11 is 0. The third kappa shape index (κ3) is 3.71.